The van der Waals surface area contributed by atoms with Crippen LogP contribution in [0.5, 0.6) is 0 Å². The number of para-hydroxylation sites is 1. The van der Waals surface area contributed by atoms with Gasteiger partial charge in [0, 0.05) is 49.1 Å². The largest absolute Gasteiger partial charge is 0.312 e. The molecule has 1 amide bonds. The normalized spacial score (nSPS) is 13.3. The minimum atomic E-state index is -0.359. The predicted molar refractivity (Wildman–Crippen MR) is 102 cm³/mol. The molecule has 0 saturated carbocycles. The lowest BCUT2D eigenvalue weighted by molar-refractivity contribution is 0.0984. The van der Waals surface area contributed by atoms with Crippen LogP contribution in [0.3, 0.4) is 0 Å². The molecule has 0 aliphatic carbocycles. The van der Waals surface area contributed by atoms with E-state index in [1.54, 1.807) is 4.90 Å². The Morgan fingerprint density at radius 1 is 1.19 bits per heavy atom. The highest BCUT2D eigenvalue weighted by Crippen LogP contribution is 2.24. The fourth-order valence-electron chi connectivity index (χ4n) is 3.51. The van der Waals surface area contributed by atoms with E-state index in [-0.39, 0.29) is 11.7 Å². The highest BCUT2D eigenvalue weighted by Gasteiger charge is 2.24. The minimum Gasteiger partial charge on any atom is -0.312 e. The maximum absolute atomic E-state index is 13.3. The third-order valence-corrected chi connectivity index (χ3v) is 4.91. The Labute approximate surface area is 157 Å². The Morgan fingerprint density at radius 3 is 2.67 bits per heavy atom. The van der Waals surface area contributed by atoms with Crippen molar-refractivity contribution in [2.75, 3.05) is 11.4 Å². The van der Waals surface area contributed by atoms with Crippen LogP contribution in [0.15, 0.2) is 54.6 Å². The average Bonchev–Trinajstić information content (AvgIpc) is 3.03. The number of fused-ring (bicyclic) bond motifs is 1. The number of hydrogen-bond donors (Lipinski definition) is 1. The fraction of sp³-hybridized carbons (Fsp3) is 0.238. The smallest absolute Gasteiger partial charge is 0.258 e. The van der Waals surface area contributed by atoms with Crippen molar-refractivity contribution in [3.8, 4) is 0 Å². The number of amides is 1. The van der Waals surface area contributed by atoms with Crippen LogP contribution in [0.4, 0.5) is 10.1 Å². The van der Waals surface area contributed by atoms with Crippen molar-refractivity contribution in [1.82, 2.24) is 15.1 Å². The zero-order valence-corrected chi connectivity index (χ0v) is 15.2. The number of rotatable bonds is 4. The highest BCUT2D eigenvalue weighted by atomic mass is 19.1. The van der Waals surface area contributed by atoms with Crippen LogP contribution < -0.4 is 10.2 Å². The SMILES string of the molecule is Cn1nc(CN(C(=O)c2ccc(F)cc2)c2ccccc2)c2c1CCNC2. The number of nitrogens with one attached hydrogen (secondary N) is 1. The maximum Gasteiger partial charge on any atom is 0.258 e. The molecule has 0 bridgehead atoms. The topological polar surface area (TPSA) is 50.2 Å². The lowest BCUT2D eigenvalue weighted by atomic mass is 10.1. The number of benzene rings is 2. The number of carbonyl (C=O) groups is 1. The van der Waals surface area contributed by atoms with Crippen molar-refractivity contribution in [2.24, 2.45) is 7.05 Å². The number of nitrogens with zero attached hydrogens (tertiary/aromatic N) is 3. The molecule has 2 aromatic carbocycles. The molecule has 4 rings (SSSR count). The molecule has 1 aromatic heterocycles. The van der Waals surface area contributed by atoms with Crippen molar-refractivity contribution in [3.63, 3.8) is 0 Å². The van der Waals surface area contributed by atoms with E-state index in [0.717, 1.165) is 36.5 Å². The van der Waals surface area contributed by atoms with Gasteiger partial charge in [0.25, 0.3) is 5.91 Å². The third kappa shape index (κ3) is 3.48. The van der Waals surface area contributed by atoms with Gasteiger partial charge in [-0.3, -0.25) is 9.48 Å². The van der Waals surface area contributed by atoms with Crippen molar-refractivity contribution >= 4 is 11.6 Å². The second-order valence-corrected chi connectivity index (χ2v) is 6.66. The molecule has 1 aliphatic heterocycles. The zero-order chi connectivity index (χ0) is 18.8. The van der Waals surface area contributed by atoms with E-state index >= 15 is 0 Å². The molecule has 1 N–H and O–H groups in total. The quantitative estimate of drug-likeness (QED) is 0.774. The van der Waals surface area contributed by atoms with Crippen LogP contribution in [-0.2, 0) is 26.6 Å². The van der Waals surface area contributed by atoms with Crippen molar-refractivity contribution in [3.05, 3.63) is 82.9 Å². The third-order valence-electron chi connectivity index (χ3n) is 4.91. The molecule has 0 unspecified atom stereocenters. The molecular weight excluding hydrogens is 343 g/mol. The number of aryl methyl sites for hydroxylation is 1. The summed E-state index contributed by atoms with van der Waals surface area (Å²) in [6.45, 7) is 2.06. The molecule has 0 saturated heterocycles. The van der Waals surface area contributed by atoms with Gasteiger partial charge in [0.15, 0.2) is 0 Å². The van der Waals surface area contributed by atoms with Crippen LogP contribution in [0.2, 0.25) is 0 Å². The zero-order valence-electron chi connectivity index (χ0n) is 15.2. The predicted octanol–water partition coefficient (Wildman–Crippen LogP) is 3.05. The van der Waals surface area contributed by atoms with Gasteiger partial charge >= 0.3 is 0 Å². The van der Waals surface area contributed by atoms with Gasteiger partial charge in [-0.1, -0.05) is 18.2 Å². The number of halogens is 1. The van der Waals surface area contributed by atoms with Crippen LogP contribution in [-0.4, -0.2) is 22.2 Å². The summed E-state index contributed by atoms with van der Waals surface area (Å²) in [5.74, 6) is -0.535. The van der Waals surface area contributed by atoms with E-state index < -0.39 is 0 Å². The van der Waals surface area contributed by atoms with Crippen molar-refractivity contribution in [1.29, 1.82) is 0 Å². The van der Waals surface area contributed by atoms with Gasteiger partial charge < -0.3 is 10.2 Å². The monoisotopic (exact) mass is 364 g/mol. The van der Waals surface area contributed by atoms with Gasteiger partial charge in [0.2, 0.25) is 0 Å². The summed E-state index contributed by atoms with van der Waals surface area (Å²) in [6.07, 6.45) is 0.927. The molecule has 27 heavy (non-hydrogen) atoms. The Morgan fingerprint density at radius 2 is 1.93 bits per heavy atom. The van der Waals surface area contributed by atoms with Crippen LogP contribution in [0, 0.1) is 5.82 Å². The summed E-state index contributed by atoms with van der Waals surface area (Å²) >= 11 is 0. The summed E-state index contributed by atoms with van der Waals surface area (Å²) in [5, 5.41) is 8.05. The van der Waals surface area contributed by atoms with Gasteiger partial charge in [0.1, 0.15) is 5.82 Å². The lowest BCUT2D eigenvalue weighted by Crippen LogP contribution is -2.32. The summed E-state index contributed by atoms with van der Waals surface area (Å²) in [7, 11) is 1.95. The van der Waals surface area contributed by atoms with Gasteiger partial charge in [0.05, 0.1) is 12.2 Å². The summed E-state index contributed by atoms with van der Waals surface area (Å²) in [4.78, 5) is 14.9. The highest BCUT2D eigenvalue weighted by molar-refractivity contribution is 6.06. The first kappa shape index (κ1) is 17.4. The first-order valence-electron chi connectivity index (χ1n) is 9.00. The molecule has 0 radical (unpaired) electrons. The summed E-state index contributed by atoms with van der Waals surface area (Å²) < 4.78 is 15.2. The summed E-state index contributed by atoms with van der Waals surface area (Å²) in [6, 6.07) is 15.2. The van der Waals surface area contributed by atoms with Crippen LogP contribution in [0.25, 0.3) is 0 Å². The first-order chi connectivity index (χ1) is 13.1. The van der Waals surface area contributed by atoms with Gasteiger partial charge in [-0.2, -0.15) is 5.10 Å². The number of anilines is 1. The van der Waals surface area contributed by atoms with Crippen molar-refractivity contribution in [2.45, 2.75) is 19.5 Å². The average molecular weight is 364 g/mol. The van der Waals surface area contributed by atoms with E-state index in [2.05, 4.69) is 10.4 Å². The van der Waals surface area contributed by atoms with Crippen LogP contribution in [0.1, 0.15) is 27.3 Å². The molecular formula is C21H21FN4O. The number of hydrogen-bond acceptors (Lipinski definition) is 3. The minimum absolute atomic E-state index is 0.177. The molecule has 1 aliphatic rings. The van der Waals surface area contributed by atoms with E-state index in [9.17, 15) is 9.18 Å². The second-order valence-electron chi connectivity index (χ2n) is 6.66. The Balaban J connectivity index is 1.71. The molecule has 0 spiro atoms. The standard InChI is InChI=1S/C21H21FN4O/c1-25-20-11-12-23-13-18(20)19(24-25)14-26(17-5-3-2-4-6-17)21(27)15-7-9-16(22)10-8-15/h2-10,23H,11-14H2,1H3. The molecule has 0 atom stereocenters. The lowest BCUT2D eigenvalue weighted by Gasteiger charge is -2.23. The Bertz CT molecular complexity index is 950. The van der Waals surface area contributed by atoms with Crippen LogP contribution >= 0.6 is 0 Å². The molecule has 2 heterocycles. The molecule has 5 nitrogen and oxygen atoms in total. The van der Waals surface area contributed by atoms with Gasteiger partial charge in [-0.05, 0) is 36.4 Å². The van der Waals surface area contributed by atoms with E-state index in [4.69, 9.17) is 0 Å². The number of carbonyl (C=O) groups excluding carboxylic acids is 1. The van der Waals surface area contributed by atoms with Gasteiger partial charge in [-0.25, -0.2) is 4.39 Å². The molecule has 138 valence electrons. The summed E-state index contributed by atoms with van der Waals surface area (Å²) in [5.41, 5.74) is 4.50. The van der Waals surface area contributed by atoms with E-state index in [0.29, 0.717) is 12.1 Å². The molecule has 0 fully saturated rings. The Kier molecular flexibility index (Phi) is 4.73. The Hall–Kier alpha value is -2.99. The number of aromatic nitrogens is 2. The van der Waals surface area contributed by atoms with Crippen molar-refractivity contribution < 1.29 is 9.18 Å². The molecule has 6 heteroatoms. The van der Waals surface area contributed by atoms with E-state index in [1.165, 1.54) is 30.0 Å². The fourth-order valence-corrected chi connectivity index (χ4v) is 3.51. The second kappa shape index (κ2) is 7.32. The maximum atomic E-state index is 13.3. The first-order valence-corrected chi connectivity index (χ1v) is 9.00. The van der Waals surface area contributed by atoms with Gasteiger partial charge in [-0.15, -0.1) is 0 Å². The van der Waals surface area contributed by atoms with E-state index in [1.807, 2.05) is 42.1 Å². The molecule has 3 aromatic rings.